The van der Waals surface area contributed by atoms with Gasteiger partial charge in [-0.15, -0.1) is 0 Å². The Morgan fingerprint density at radius 3 is 2.68 bits per heavy atom. The fraction of sp³-hybridized carbons (Fsp3) is 0.222. The zero-order valence-electron chi connectivity index (χ0n) is 13.4. The molecule has 1 amide bonds. The summed E-state index contributed by atoms with van der Waals surface area (Å²) in [6.45, 7) is 1.76. The number of hydrogen-bond donors (Lipinski definition) is 2. The Hall–Kier alpha value is -2.16. The summed E-state index contributed by atoms with van der Waals surface area (Å²) in [5.74, 6) is -0.700. The lowest BCUT2D eigenvalue weighted by atomic mass is 10.2. The molecule has 1 aliphatic heterocycles. The van der Waals surface area contributed by atoms with Gasteiger partial charge in [-0.3, -0.25) is 4.79 Å². The van der Waals surface area contributed by atoms with E-state index in [2.05, 4.69) is 10.5 Å². The minimum Gasteiger partial charge on any atom is -0.507 e. The molecular formula is C18H17FIN3O2. The molecule has 0 atom stereocenters. The molecule has 1 aliphatic rings. The molecule has 0 aromatic heterocycles. The molecule has 0 unspecified atom stereocenters. The number of carbonyl (C=O) groups excluding carboxylic acids is 1. The number of rotatable bonds is 4. The summed E-state index contributed by atoms with van der Waals surface area (Å²) < 4.78 is 14.9. The van der Waals surface area contributed by atoms with Crippen molar-refractivity contribution in [1.82, 2.24) is 5.43 Å². The minimum atomic E-state index is -0.447. The Balaban J connectivity index is 1.64. The van der Waals surface area contributed by atoms with Crippen LogP contribution in [0.2, 0.25) is 0 Å². The highest BCUT2D eigenvalue weighted by atomic mass is 127. The van der Waals surface area contributed by atoms with Crippen LogP contribution in [0, 0.1) is 9.39 Å². The van der Waals surface area contributed by atoms with Crippen molar-refractivity contribution in [2.45, 2.75) is 12.8 Å². The molecule has 7 heteroatoms. The average Bonchev–Trinajstić information content (AvgIpc) is 3.11. The van der Waals surface area contributed by atoms with Gasteiger partial charge in [-0.25, -0.2) is 9.82 Å². The van der Waals surface area contributed by atoms with E-state index < -0.39 is 5.91 Å². The standard InChI is InChI=1S/C18H17FIN3O2/c19-14-9-12(3-6-16(14)23-7-1-2-8-23)11-21-22-18(25)13-4-5-15(20)17(24)10-13/h3-6,9-11,24H,1-2,7-8H2,(H,22,25)/b21-11-. The number of nitrogens with zero attached hydrogens (tertiary/aromatic N) is 2. The van der Waals surface area contributed by atoms with Crippen molar-refractivity contribution in [3.63, 3.8) is 0 Å². The second kappa shape index (κ2) is 7.81. The van der Waals surface area contributed by atoms with E-state index in [4.69, 9.17) is 0 Å². The zero-order chi connectivity index (χ0) is 17.8. The molecule has 25 heavy (non-hydrogen) atoms. The highest BCUT2D eigenvalue weighted by Gasteiger charge is 2.15. The molecule has 5 nitrogen and oxygen atoms in total. The Morgan fingerprint density at radius 1 is 1.24 bits per heavy atom. The van der Waals surface area contributed by atoms with Gasteiger partial charge < -0.3 is 10.0 Å². The van der Waals surface area contributed by atoms with Gasteiger partial charge in [-0.1, -0.05) is 6.07 Å². The van der Waals surface area contributed by atoms with Crippen molar-refractivity contribution in [3.05, 3.63) is 56.9 Å². The van der Waals surface area contributed by atoms with Gasteiger partial charge in [0.05, 0.1) is 15.5 Å². The summed E-state index contributed by atoms with van der Waals surface area (Å²) in [5, 5.41) is 13.5. The number of carbonyl (C=O) groups is 1. The van der Waals surface area contributed by atoms with Gasteiger partial charge in [-0.05, 0) is 71.3 Å². The van der Waals surface area contributed by atoms with Crippen LogP contribution in [-0.2, 0) is 0 Å². The molecule has 2 aromatic rings. The molecule has 2 N–H and O–H groups in total. The predicted molar refractivity (Wildman–Crippen MR) is 104 cm³/mol. The van der Waals surface area contributed by atoms with E-state index in [0.717, 1.165) is 25.9 Å². The summed E-state index contributed by atoms with van der Waals surface area (Å²) in [4.78, 5) is 14.0. The van der Waals surface area contributed by atoms with Crippen LogP contribution in [0.1, 0.15) is 28.8 Å². The first-order chi connectivity index (χ1) is 12.0. The smallest absolute Gasteiger partial charge is 0.271 e. The lowest BCUT2D eigenvalue weighted by molar-refractivity contribution is 0.0954. The summed E-state index contributed by atoms with van der Waals surface area (Å²) in [6.07, 6.45) is 3.56. The SMILES string of the molecule is O=C(N/N=C\c1ccc(N2CCCC2)c(F)c1)c1ccc(I)c(O)c1. The average molecular weight is 453 g/mol. The number of halogens is 2. The third-order valence-corrected chi connectivity index (χ3v) is 4.92. The van der Waals surface area contributed by atoms with E-state index in [0.29, 0.717) is 20.4 Å². The quantitative estimate of drug-likeness (QED) is 0.423. The van der Waals surface area contributed by atoms with E-state index in [1.165, 1.54) is 18.3 Å². The Kier molecular flexibility index (Phi) is 5.52. The molecule has 1 fully saturated rings. The topological polar surface area (TPSA) is 64.9 Å². The molecule has 1 heterocycles. The first kappa shape index (κ1) is 17.7. The summed E-state index contributed by atoms with van der Waals surface area (Å²) in [7, 11) is 0. The molecular weight excluding hydrogens is 436 g/mol. The van der Waals surface area contributed by atoms with Crippen LogP contribution in [0.25, 0.3) is 0 Å². The third kappa shape index (κ3) is 4.28. The lowest BCUT2D eigenvalue weighted by Crippen LogP contribution is -2.19. The van der Waals surface area contributed by atoms with Gasteiger partial charge in [0.2, 0.25) is 0 Å². The minimum absolute atomic E-state index is 0.0387. The normalized spacial score (nSPS) is 14.2. The number of hydrazone groups is 1. The number of nitrogens with one attached hydrogen (secondary N) is 1. The lowest BCUT2D eigenvalue weighted by Gasteiger charge is -2.18. The van der Waals surface area contributed by atoms with E-state index in [9.17, 15) is 14.3 Å². The van der Waals surface area contributed by atoms with Gasteiger partial charge in [-0.2, -0.15) is 5.10 Å². The first-order valence-electron chi connectivity index (χ1n) is 7.91. The van der Waals surface area contributed by atoms with Crippen molar-refractivity contribution in [2.24, 2.45) is 5.10 Å². The molecule has 0 bridgehead atoms. The molecule has 0 saturated carbocycles. The van der Waals surface area contributed by atoms with Crippen molar-refractivity contribution in [1.29, 1.82) is 0 Å². The van der Waals surface area contributed by atoms with Gasteiger partial charge in [0.15, 0.2) is 0 Å². The van der Waals surface area contributed by atoms with Crippen LogP contribution in [-0.4, -0.2) is 30.3 Å². The fourth-order valence-electron chi connectivity index (χ4n) is 2.70. The third-order valence-electron chi connectivity index (χ3n) is 4.01. The molecule has 3 rings (SSSR count). The summed E-state index contributed by atoms with van der Waals surface area (Å²) in [5.41, 5.74) is 3.83. The zero-order valence-corrected chi connectivity index (χ0v) is 15.5. The van der Waals surface area contributed by atoms with Crippen LogP contribution in [0.15, 0.2) is 41.5 Å². The molecule has 0 radical (unpaired) electrons. The van der Waals surface area contributed by atoms with Crippen molar-refractivity contribution in [2.75, 3.05) is 18.0 Å². The first-order valence-corrected chi connectivity index (χ1v) is 8.99. The number of anilines is 1. The fourth-order valence-corrected chi connectivity index (χ4v) is 3.04. The van der Waals surface area contributed by atoms with Crippen LogP contribution in [0.5, 0.6) is 5.75 Å². The molecule has 2 aromatic carbocycles. The number of amides is 1. The maximum absolute atomic E-state index is 14.2. The Labute approximate surface area is 158 Å². The second-order valence-corrected chi connectivity index (χ2v) is 6.93. The number of hydrogen-bond acceptors (Lipinski definition) is 4. The molecule has 0 spiro atoms. The summed E-state index contributed by atoms with van der Waals surface area (Å²) in [6, 6.07) is 9.51. The molecule has 0 aliphatic carbocycles. The van der Waals surface area contributed by atoms with Crippen LogP contribution >= 0.6 is 22.6 Å². The maximum Gasteiger partial charge on any atom is 0.271 e. The number of benzene rings is 2. The molecule has 1 saturated heterocycles. The predicted octanol–water partition coefficient (Wildman–Crippen LogP) is 3.50. The Bertz CT molecular complexity index is 820. The van der Waals surface area contributed by atoms with Crippen molar-refractivity contribution >= 4 is 40.4 Å². The van der Waals surface area contributed by atoms with Crippen molar-refractivity contribution in [3.8, 4) is 5.75 Å². The van der Waals surface area contributed by atoms with Gasteiger partial charge in [0.1, 0.15) is 11.6 Å². The van der Waals surface area contributed by atoms with Crippen molar-refractivity contribution < 1.29 is 14.3 Å². The highest BCUT2D eigenvalue weighted by molar-refractivity contribution is 14.1. The summed E-state index contributed by atoms with van der Waals surface area (Å²) >= 11 is 1.97. The molecule has 130 valence electrons. The highest BCUT2D eigenvalue weighted by Crippen LogP contribution is 2.24. The van der Waals surface area contributed by atoms with Gasteiger partial charge in [0.25, 0.3) is 5.91 Å². The van der Waals surface area contributed by atoms with Crippen LogP contribution in [0.4, 0.5) is 10.1 Å². The second-order valence-electron chi connectivity index (χ2n) is 5.77. The maximum atomic E-state index is 14.2. The largest absolute Gasteiger partial charge is 0.507 e. The van der Waals surface area contributed by atoms with Gasteiger partial charge in [0, 0.05) is 18.7 Å². The van der Waals surface area contributed by atoms with Crippen LogP contribution in [0.3, 0.4) is 0 Å². The monoisotopic (exact) mass is 453 g/mol. The van der Waals surface area contributed by atoms with Crippen LogP contribution < -0.4 is 10.3 Å². The van der Waals surface area contributed by atoms with E-state index in [1.807, 2.05) is 27.5 Å². The number of phenols is 1. The Morgan fingerprint density at radius 2 is 2.00 bits per heavy atom. The number of phenolic OH excluding ortho intramolecular Hbond substituents is 1. The van der Waals surface area contributed by atoms with E-state index in [1.54, 1.807) is 24.3 Å². The van der Waals surface area contributed by atoms with E-state index >= 15 is 0 Å². The van der Waals surface area contributed by atoms with E-state index in [-0.39, 0.29) is 11.6 Å². The number of aromatic hydroxyl groups is 1. The van der Waals surface area contributed by atoms with Gasteiger partial charge >= 0.3 is 0 Å².